The van der Waals surface area contributed by atoms with E-state index in [0.717, 1.165) is 6.42 Å². The van der Waals surface area contributed by atoms with E-state index < -0.39 is 8.61 Å². The second-order valence-corrected chi connectivity index (χ2v) is 19.3. The summed E-state index contributed by atoms with van der Waals surface area (Å²) < 4.78 is -1.92. The molecule has 0 saturated heterocycles. The van der Waals surface area contributed by atoms with Gasteiger partial charge in [0.1, 0.15) is 6.47 Å². The van der Waals surface area contributed by atoms with Gasteiger partial charge in [0, 0.05) is 5.41 Å². The molecule has 0 heterocycles. The molecule has 0 aliphatic rings. The highest BCUT2D eigenvalue weighted by Gasteiger charge is 2.65. The number of hydrogen-bond acceptors (Lipinski definition) is 0. The Balaban J connectivity index is 2.85. The molecule has 0 atom stereocenters. The quantitative estimate of drug-likeness (QED) is 0.265. The second kappa shape index (κ2) is 8.66. The first kappa shape index (κ1) is 23.1. The van der Waals surface area contributed by atoms with E-state index in [1.807, 2.05) is 12.1 Å². The van der Waals surface area contributed by atoms with E-state index in [9.17, 15) is 0 Å². The van der Waals surface area contributed by atoms with Gasteiger partial charge >= 0.3 is 0 Å². The molecule has 0 aliphatic heterocycles. The minimum Gasteiger partial charge on any atom is -0.0687 e. The molecule has 0 radical (unpaired) electrons. The van der Waals surface area contributed by atoms with Gasteiger partial charge in [0.2, 0.25) is 0 Å². The fourth-order valence-corrected chi connectivity index (χ4v) is 8.29. The van der Waals surface area contributed by atoms with Crippen LogP contribution in [0.4, 0.5) is 0 Å². The van der Waals surface area contributed by atoms with E-state index in [0.29, 0.717) is 0 Å². The molecule has 0 unspecified atom stereocenters. The van der Waals surface area contributed by atoms with Crippen molar-refractivity contribution in [3.8, 4) is 0 Å². The average molecular weight is 791 g/mol. The summed E-state index contributed by atoms with van der Waals surface area (Å²) in [6, 6.07) is 21.1. The van der Waals surface area contributed by atoms with E-state index >= 15 is 0 Å². The van der Waals surface area contributed by atoms with Crippen LogP contribution in [0.3, 0.4) is 0 Å². The predicted octanol–water partition coefficient (Wildman–Crippen LogP) is 9.19. The third kappa shape index (κ3) is 4.09. The molecule has 0 nitrogen and oxygen atoms in total. The Labute approximate surface area is 208 Å². The van der Waals surface area contributed by atoms with Crippen LogP contribution in [-0.4, -0.2) is 8.61 Å². The van der Waals surface area contributed by atoms with Gasteiger partial charge < -0.3 is 0 Å². The van der Waals surface area contributed by atoms with Crippen LogP contribution in [-0.2, 0) is 5.41 Å². The largest absolute Gasteiger partial charge is 0.162 e. The molecule has 2 aromatic carbocycles. The lowest BCUT2D eigenvalue weighted by Gasteiger charge is -2.52. The summed E-state index contributed by atoms with van der Waals surface area (Å²) in [5.41, 5.74) is 2.03. The Morgan fingerprint density at radius 3 is 1.24 bits per heavy atom. The minimum atomic E-state index is -0.665. The molecular weight excluding hydrogens is 776 g/mol. The van der Waals surface area contributed by atoms with Gasteiger partial charge in [-0.15, -0.1) is 0 Å². The number of halogens is 7. The minimum absolute atomic E-state index is 0.386. The van der Waals surface area contributed by atoms with Crippen molar-refractivity contribution in [1.29, 1.82) is 0 Å². The molecule has 0 saturated carbocycles. The summed E-state index contributed by atoms with van der Waals surface area (Å²) in [5, 5.41) is 0. The standard InChI is InChI=1S/C18H15Br7/c1-2-15(13-9-5-3-6-10-13,14-11-7-4-8-12-14)16(19,20)17(21,22)18(23,24)25/h3-12H,2H2,1H3. The molecule has 7 heteroatoms. The maximum absolute atomic E-state index is 4.03. The molecule has 2 rings (SSSR count). The van der Waals surface area contributed by atoms with Crippen LogP contribution >= 0.6 is 112 Å². The summed E-state index contributed by atoms with van der Waals surface area (Å²) in [4.78, 5) is 0. The van der Waals surface area contributed by atoms with Gasteiger partial charge in [0.05, 0.1) is 0 Å². The SMILES string of the molecule is CCC(c1ccccc1)(c1ccccc1)C(Br)(Br)C(Br)(Br)C(Br)(Br)Br. The number of rotatable bonds is 5. The van der Waals surface area contributed by atoms with E-state index in [4.69, 9.17) is 0 Å². The third-order valence-corrected chi connectivity index (χ3v) is 16.4. The Morgan fingerprint density at radius 2 is 0.960 bits per heavy atom. The average Bonchev–Trinajstić information content (AvgIpc) is 2.56. The topological polar surface area (TPSA) is 0 Å². The van der Waals surface area contributed by atoms with Gasteiger partial charge in [-0.25, -0.2) is 0 Å². The second-order valence-electron chi connectivity index (χ2n) is 5.64. The molecule has 0 aromatic heterocycles. The fraction of sp³-hybridized carbons (Fsp3) is 0.333. The first-order valence-electron chi connectivity index (χ1n) is 7.45. The van der Waals surface area contributed by atoms with Gasteiger partial charge in [-0.3, -0.25) is 0 Å². The lowest BCUT2D eigenvalue weighted by atomic mass is 9.69. The lowest BCUT2D eigenvalue weighted by molar-refractivity contribution is 0.445. The van der Waals surface area contributed by atoms with Gasteiger partial charge in [-0.05, 0) is 17.5 Å². The maximum Gasteiger partial charge on any atom is 0.162 e. The van der Waals surface area contributed by atoms with Crippen molar-refractivity contribution >= 4 is 112 Å². The third-order valence-electron chi connectivity index (χ3n) is 4.35. The Kier molecular flexibility index (Phi) is 8.00. The van der Waals surface area contributed by atoms with Crippen molar-refractivity contribution in [3.05, 3.63) is 71.8 Å². The van der Waals surface area contributed by atoms with Crippen molar-refractivity contribution in [3.63, 3.8) is 0 Å². The smallest absolute Gasteiger partial charge is 0.0687 e. The summed E-state index contributed by atoms with van der Waals surface area (Å²) >= 11 is 26.9. The highest BCUT2D eigenvalue weighted by molar-refractivity contribution is 9.42. The van der Waals surface area contributed by atoms with Crippen molar-refractivity contribution in [2.45, 2.75) is 27.4 Å². The van der Waals surface area contributed by atoms with Gasteiger partial charge in [-0.2, -0.15) is 0 Å². The highest BCUT2D eigenvalue weighted by atomic mass is 80.0. The zero-order valence-corrected chi connectivity index (χ0v) is 24.2. The summed E-state index contributed by atoms with van der Waals surface area (Å²) in [7, 11) is 0. The number of benzene rings is 2. The molecule has 0 aliphatic carbocycles. The molecule has 136 valence electrons. The summed E-state index contributed by atoms with van der Waals surface area (Å²) in [6.45, 7) is 2.20. The van der Waals surface area contributed by atoms with E-state index in [-0.39, 0.29) is 5.41 Å². The fourth-order valence-electron chi connectivity index (χ4n) is 3.05. The van der Waals surface area contributed by atoms with Crippen LogP contribution in [0.25, 0.3) is 0 Å². The van der Waals surface area contributed by atoms with E-state index in [1.165, 1.54) is 11.1 Å². The maximum atomic E-state index is 4.03. The van der Waals surface area contributed by atoms with Crippen molar-refractivity contribution in [1.82, 2.24) is 0 Å². The molecule has 0 amide bonds. The number of hydrogen-bond donors (Lipinski definition) is 0. The van der Waals surface area contributed by atoms with Gasteiger partial charge in [0.25, 0.3) is 0 Å². The van der Waals surface area contributed by atoms with Crippen LogP contribution < -0.4 is 0 Å². The van der Waals surface area contributed by atoms with Gasteiger partial charge in [0.15, 0.2) is 2.14 Å². The number of alkyl halides is 7. The van der Waals surface area contributed by atoms with Crippen LogP contribution in [0.5, 0.6) is 0 Å². The van der Waals surface area contributed by atoms with Crippen LogP contribution in [0, 0.1) is 0 Å². The Morgan fingerprint density at radius 1 is 0.600 bits per heavy atom. The predicted molar refractivity (Wildman–Crippen MR) is 135 cm³/mol. The monoisotopic (exact) mass is 784 g/mol. The lowest BCUT2D eigenvalue weighted by Crippen LogP contribution is -2.57. The van der Waals surface area contributed by atoms with Crippen LogP contribution in [0.1, 0.15) is 24.5 Å². The van der Waals surface area contributed by atoms with Crippen molar-refractivity contribution in [2.24, 2.45) is 0 Å². The first-order valence-corrected chi connectivity index (χ1v) is 13.0. The Hall–Kier alpha value is 1.80. The summed E-state index contributed by atoms with van der Waals surface area (Å²) in [6.07, 6.45) is 0.861. The van der Waals surface area contributed by atoms with Gasteiger partial charge in [-0.1, -0.05) is 179 Å². The molecular formula is C18H15Br7. The zero-order chi connectivity index (χ0) is 18.9. The molecule has 0 spiro atoms. The van der Waals surface area contributed by atoms with E-state index in [1.54, 1.807) is 0 Å². The zero-order valence-electron chi connectivity index (χ0n) is 13.1. The molecule has 2 aromatic rings. The molecule has 25 heavy (non-hydrogen) atoms. The highest BCUT2D eigenvalue weighted by Crippen LogP contribution is 2.69. The molecule has 0 N–H and O–H groups in total. The molecule has 0 fully saturated rings. The van der Waals surface area contributed by atoms with Crippen LogP contribution in [0.2, 0.25) is 0 Å². The van der Waals surface area contributed by atoms with Crippen molar-refractivity contribution in [2.75, 3.05) is 0 Å². The van der Waals surface area contributed by atoms with Crippen LogP contribution in [0.15, 0.2) is 60.7 Å². The summed E-state index contributed by atoms with van der Waals surface area (Å²) in [5.74, 6) is 0. The van der Waals surface area contributed by atoms with E-state index in [2.05, 4.69) is 167 Å². The normalized spacial score (nSPS) is 13.8. The molecule has 0 bridgehead atoms. The first-order chi connectivity index (χ1) is 11.5. The van der Waals surface area contributed by atoms with Crippen molar-refractivity contribution < 1.29 is 0 Å². The Bertz CT molecular complexity index is 651.